The van der Waals surface area contributed by atoms with Crippen molar-refractivity contribution in [3.05, 3.63) is 84.0 Å². The molecular formula is C23H24O4. The van der Waals surface area contributed by atoms with Crippen LogP contribution in [0.25, 0.3) is 0 Å². The number of hydrogen-bond donors (Lipinski definition) is 0. The molecule has 0 spiro atoms. The molecule has 0 fully saturated rings. The SMILES string of the molecule is C=C(C)C(=O)Oc1ccccc1C(CC)c1ccccc1OC(=O)C(=C)C. The minimum absolute atomic E-state index is 0.117. The highest BCUT2D eigenvalue weighted by molar-refractivity contribution is 5.89. The Morgan fingerprint density at radius 1 is 0.815 bits per heavy atom. The predicted octanol–water partition coefficient (Wildman–Crippen LogP) is 5.19. The third-order valence-corrected chi connectivity index (χ3v) is 4.10. The summed E-state index contributed by atoms with van der Waals surface area (Å²) in [6.45, 7) is 12.5. The van der Waals surface area contributed by atoms with Gasteiger partial charge in [0, 0.05) is 28.2 Å². The fourth-order valence-electron chi connectivity index (χ4n) is 2.70. The van der Waals surface area contributed by atoms with Crippen LogP contribution < -0.4 is 9.47 Å². The third kappa shape index (κ3) is 4.94. The molecule has 0 N–H and O–H groups in total. The summed E-state index contributed by atoms with van der Waals surface area (Å²) >= 11 is 0. The van der Waals surface area contributed by atoms with Crippen molar-refractivity contribution in [2.45, 2.75) is 33.1 Å². The van der Waals surface area contributed by atoms with E-state index >= 15 is 0 Å². The van der Waals surface area contributed by atoms with Crippen LogP contribution in [-0.2, 0) is 9.59 Å². The minimum atomic E-state index is -0.473. The van der Waals surface area contributed by atoms with Crippen LogP contribution >= 0.6 is 0 Å². The molecule has 2 aromatic carbocycles. The van der Waals surface area contributed by atoms with E-state index in [4.69, 9.17) is 9.47 Å². The second-order valence-electron chi connectivity index (χ2n) is 6.38. The van der Waals surface area contributed by atoms with Gasteiger partial charge in [-0.3, -0.25) is 0 Å². The average Bonchev–Trinajstić information content (AvgIpc) is 2.64. The molecule has 2 rings (SSSR count). The van der Waals surface area contributed by atoms with Crippen molar-refractivity contribution in [2.24, 2.45) is 0 Å². The Bertz CT molecular complexity index is 808. The first-order chi connectivity index (χ1) is 12.8. The number of esters is 2. The lowest BCUT2D eigenvalue weighted by Gasteiger charge is -2.21. The van der Waals surface area contributed by atoms with Gasteiger partial charge in [-0.1, -0.05) is 56.5 Å². The van der Waals surface area contributed by atoms with Crippen LogP contribution in [0.15, 0.2) is 72.8 Å². The van der Waals surface area contributed by atoms with Gasteiger partial charge < -0.3 is 9.47 Å². The summed E-state index contributed by atoms with van der Waals surface area (Å²) in [6, 6.07) is 14.7. The summed E-state index contributed by atoms with van der Waals surface area (Å²) in [7, 11) is 0. The lowest BCUT2D eigenvalue weighted by molar-refractivity contribution is -0.130. The molecule has 4 heteroatoms. The van der Waals surface area contributed by atoms with E-state index in [0.29, 0.717) is 22.6 Å². The van der Waals surface area contributed by atoms with Gasteiger partial charge in [-0.2, -0.15) is 0 Å². The minimum Gasteiger partial charge on any atom is -0.423 e. The van der Waals surface area contributed by atoms with Gasteiger partial charge in [-0.25, -0.2) is 9.59 Å². The number of hydrogen-bond acceptors (Lipinski definition) is 4. The quantitative estimate of drug-likeness (QED) is 0.385. The van der Waals surface area contributed by atoms with Gasteiger partial charge in [0.2, 0.25) is 0 Å². The van der Waals surface area contributed by atoms with E-state index in [1.807, 2.05) is 43.3 Å². The van der Waals surface area contributed by atoms with E-state index in [1.165, 1.54) is 0 Å². The first kappa shape index (κ1) is 20.2. The summed E-state index contributed by atoms with van der Waals surface area (Å²) < 4.78 is 11.0. The van der Waals surface area contributed by atoms with E-state index in [2.05, 4.69) is 13.2 Å². The Morgan fingerprint density at radius 3 is 1.52 bits per heavy atom. The van der Waals surface area contributed by atoms with Gasteiger partial charge in [0.1, 0.15) is 11.5 Å². The molecule has 0 saturated carbocycles. The maximum atomic E-state index is 12.0. The summed E-state index contributed by atoms with van der Waals surface area (Å²) in [5, 5.41) is 0. The lowest BCUT2D eigenvalue weighted by Crippen LogP contribution is -2.13. The highest BCUT2D eigenvalue weighted by atomic mass is 16.5. The van der Waals surface area contributed by atoms with Crippen molar-refractivity contribution in [1.29, 1.82) is 0 Å². The van der Waals surface area contributed by atoms with E-state index in [9.17, 15) is 9.59 Å². The molecule has 4 nitrogen and oxygen atoms in total. The van der Waals surface area contributed by atoms with Crippen LogP contribution in [0.4, 0.5) is 0 Å². The van der Waals surface area contributed by atoms with Crippen molar-refractivity contribution in [1.82, 2.24) is 0 Å². The smallest absolute Gasteiger partial charge is 0.338 e. The standard InChI is InChI=1S/C23H24O4/c1-6-17(18-11-7-9-13-20(18)26-22(24)15(2)3)19-12-8-10-14-21(19)27-23(25)16(4)5/h7-14,17H,2,4,6H2,1,3,5H3. The largest absolute Gasteiger partial charge is 0.423 e. The second kappa shape index (κ2) is 8.99. The van der Waals surface area contributed by atoms with Crippen LogP contribution in [0.2, 0.25) is 0 Å². The molecule has 27 heavy (non-hydrogen) atoms. The monoisotopic (exact) mass is 364 g/mol. The summed E-state index contributed by atoms with van der Waals surface area (Å²) in [5.74, 6) is -0.122. The highest BCUT2D eigenvalue weighted by Crippen LogP contribution is 2.38. The predicted molar refractivity (Wildman–Crippen MR) is 106 cm³/mol. The van der Waals surface area contributed by atoms with Crippen LogP contribution in [0.5, 0.6) is 11.5 Å². The van der Waals surface area contributed by atoms with Gasteiger partial charge in [-0.15, -0.1) is 0 Å². The molecule has 0 aliphatic carbocycles. The third-order valence-electron chi connectivity index (χ3n) is 4.10. The Balaban J connectivity index is 2.47. The van der Waals surface area contributed by atoms with Crippen molar-refractivity contribution < 1.29 is 19.1 Å². The molecule has 0 radical (unpaired) electrons. The average molecular weight is 364 g/mol. The maximum absolute atomic E-state index is 12.0. The van der Waals surface area contributed by atoms with Gasteiger partial charge in [0.15, 0.2) is 0 Å². The normalized spacial score (nSPS) is 10.4. The lowest BCUT2D eigenvalue weighted by atomic mass is 9.88. The Kier molecular flexibility index (Phi) is 6.72. The molecule has 0 atom stereocenters. The van der Waals surface area contributed by atoms with Gasteiger partial charge in [-0.05, 0) is 32.4 Å². The molecule has 0 aliphatic rings. The maximum Gasteiger partial charge on any atom is 0.338 e. The Labute approximate surface area is 160 Å². The summed E-state index contributed by atoms with van der Waals surface area (Å²) in [5.41, 5.74) is 2.34. The number of para-hydroxylation sites is 2. The Hall–Kier alpha value is -3.14. The molecule has 2 aromatic rings. The number of carbonyl (C=O) groups excluding carboxylic acids is 2. The zero-order valence-electron chi connectivity index (χ0n) is 16.0. The van der Waals surface area contributed by atoms with Crippen molar-refractivity contribution >= 4 is 11.9 Å². The highest BCUT2D eigenvalue weighted by Gasteiger charge is 2.22. The van der Waals surface area contributed by atoms with Crippen LogP contribution in [-0.4, -0.2) is 11.9 Å². The van der Waals surface area contributed by atoms with Crippen LogP contribution in [0.1, 0.15) is 44.2 Å². The Morgan fingerprint density at radius 2 is 1.19 bits per heavy atom. The van der Waals surface area contributed by atoms with Crippen LogP contribution in [0.3, 0.4) is 0 Å². The molecule has 0 unspecified atom stereocenters. The molecule has 0 saturated heterocycles. The molecule has 0 aromatic heterocycles. The topological polar surface area (TPSA) is 52.6 Å². The fraction of sp³-hybridized carbons (Fsp3) is 0.217. The number of ether oxygens (including phenoxy) is 2. The molecular weight excluding hydrogens is 340 g/mol. The molecule has 0 bridgehead atoms. The van der Waals surface area contributed by atoms with Crippen molar-refractivity contribution in [3.8, 4) is 11.5 Å². The molecule has 140 valence electrons. The molecule has 0 heterocycles. The van der Waals surface area contributed by atoms with Gasteiger partial charge >= 0.3 is 11.9 Å². The van der Waals surface area contributed by atoms with E-state index in [1.54, 1.807) is 26.0 Å². The van der Waals surface area contributed by atoms with Crippen molar-refractivity contribution in [3.63, 3.8) is 0 Å². The summed E-state index contributed by atoms with van der Waals surface area (Å²) in [4.78, 5) is 24.0. The van der Waals surface area contributed by atoms with E-state index in [0.717, 1.165) is 17.5 Å². The van der Waals surface area contributed by atoms with Crippen LogP contribution in [0, 0.1) is 0 Å². The van der Waals surface area contributed by atoms with E-state index < -0.39 is 11.9 Å². The number of rotatable bonds is 7. The second-order valence-corrected chi connectivity index (χ2v) is 6.38. The fourth-order valence-corrected chi connectivity index (χ4v) is 2.70. The first-order valence-corrected chi connectivity index (χ1v) is 8.78. The van der Waals surface area contributed by atoms with Gasteiger partial charge in [0.25, 0.3) is 0 Å². The molecule has 0 aliphatic heterocycles. The summed E-state index contributed by atoms with van der Waals surface area (Å²) in [6.07, 6.45) is 0.725. The zero-order chi connectivity index (χ0) is 20.0. The van der Waals surface area contributed by atoms with E-state index in [-0.39, 0.29) is 5.92 Å². The first-order valence-electron chi connectivity index (χ1n) is 8.78. The zero-order valence-corrected chi connectivity index (χ0v) is 16.0. The number of benzene rings is 2. The van der Waals surface area contributed by atoms with Crippen molar-refractivity contribution in [2.75, 3.05) is 0 Å². The molecule has 0 amide bonds. The van der Waals surface area contributed by atoms with Gasteiger partial charge in [0.05, 0.1) is 0 Å². The number of carbonyl (C=O) groups is 2.